The summed E-state index contributed by atoms with van der Waals surface area (Å²) in [4.78, 5) is 22.9. The molecule has 7 nitrogen and oxygen atoms in total. The Balaban J connectivity index is 2.29. The summed E-state index contributed by atoms with van der Waals surface area (Å²) in [5.74, 6) is 0.410. The summed E-state index contributed by atoms with van der Waals surface area (Å²) in [6.07, 6.45) is 0.264. The maximum atomic E-state index is 12.1. The topological polar surface area (TPSA) is 106 Å². The summed E-state index contributed by atoms with van der Waals surface area (Å²) in [6.45, 7) is 1.65. The van der Waals surface area contributed by atoms with Crippen LogP contribution in [-0.4, -0.2) is 48.4 Å². The predicted molar refractivity (Wildman–Crippen MR) is 88.7 cm³/mol. The van der Waals surface area contributed by atoms with Gasteiger partial charge in [-0.3, -0.25) is 4.79 Å². The maximum absolute atomic E-state index is 12.1. The van der Waals surface area contributed by atoms with Crippen molar-refractivity contribution in [3.63, 3.8) is 0 Å². The van der Waals surface area contributed by atoms with Crippen molar-refractivity contribution in [2.75, 3.05) is 19.8 Å². The van der Waals surface area contributed by atoms with E-state index in [-0.39, 0.29) is 17.9 Å². The number of benzene rings is 1. The number of aliphatic hydroxyl groups excluding tert-OH is 2. The molecule has 1 aromatic heterocycles. The van der Waals surface area contributed by atoms with E-state index in [1.165, 1.54) is 18.2 Å². The van der Waals surface area contributed by atoms with E-state index in [9.17, 15) is 14.7 Å². The smallest absolute Gasteiger partial charge is 0.338 e. The van der Waals surface area contributed by atoms with Gasteiger partial charge in [-0.25, -0.2) is 4.79 Å². The van der Waals surface area contributed by atoms with E-state index in [0.29, 0.717) is 30.0 Å². The van der Waals surface area contributed by atoms with Crippen LogP contribution in [0.4, 0.5) is 0 Å². The molecule has 1 heterocycles. The summed E-state index contributed by atoms with van der Waals surface area (Å²) >= 11 is 0. The molecule has 0 amide bonds. The summed E-state index contributed by atoms with van der Waals surface area (Å²) in [5.41, 5.74) is 0.742. The zero-order valence-electron chi connectivity index (χ0n) is 13.8. The van der Waals surface area contributed by atoms with Gasteiger partial charge in [-0.05, 0) is 36.8 Å². The molecule has 0 saturated heterocycles. The SMILES string of the molecule is CCCOc1ccc(C(=O)OCC(O)CO)cc1-c1ccc(C=O)o1. The highest BCUT2D eigenvalue weighted by Gasteiger charge is 2.17. The fraction of sp³-hybridized carbons (Fsp3) is 0.333. The number of ether oxygens (including phenoxy) is 2. The molecule has 25 heavy (non-hydrogen) atoms. The molecule has 0 aliphatic carbocycles. The molecule has 2 rings (SSSR count). The molecular weight excluding hydrogens is 328 g/mol. The molecule has 7 heteroatoms. The van der Waals surface area contributed by atoms with Gasteiger partial charge < -0.3 is 24.1 Å². The fourth-order valence-electron chi connectivity index (χ4n) is 2.06. The van der Waals surface area contributed by atoms with Gasteiger partial charge in [0.2, 0.25) is 0 Å². The summed E-state index contributed by atoms with van der Waals surface area (Å²) < 4.78 is 16.0. The van der Waals surface area contributed by atoms with Crippen LogP contribution in [0.15, 0.2) is 34.7 Å². The number of rotatable bonds is 9. The van der Waals surface area contributed by atoms with E-state index in [2.05, 4.69) is 0 Å². The Morgan fingerprint density at radius 3 is 2.76 bits per heavy atom. The molecule has 2 aromatic rings. The molecule has 1 atom stereocenters. The van der Waals surface area contributed by atoms with Crippen molar-refractivity contribution in [2.24, 2.45) is 0 Å². The lowest BCUT2D eigenvalue weighted by molar-refractivity contribution is 0.00933. The van der Waals surface area contributed by atoms with Gasteiger partial charge in [0.05, 0.1) is 24.3 Å². The van der Waals surface area contributed by atoms with Crippen LogP contribution in [0.25, 0.3) is 11.3 Å². The standard InChI is InChI=1S/C18H20O7/c1-2-7-23-16-5-3-12(18(22)24-11-13(21)9-19)8-15(16)17-6-4-14(10-20)25-17/h3-6,8,10,13,19,21H,2,7,9,11H2,1H3. The highest BCUT2D eigenvalue weighted by molar-refractivity contribution is 5.91. The molecule has 1 unspecified atom stereocenters. The summed E-state index contributed by atoms with van der Waals surface area (Å²) in [6, 6.07) is 7.82. The molecular formula is C18H20O7. The van der Waals surface area contributed by atoms with Crippen LogP contribution in [0.2, 0.25) is 0 Å². The molecule has 0 fully saturated rings. The maximum Gasteiger partial charge on any atom is 0.338 e. The van der Waals surface area contributed by atoms with E-state index in [0.717, 1.165) is 6.42 Å². The minimum atomic E-state index is -1.13. The second-order valence-electron chi connectivity index (χ2n) is 5.31. The monoisotopic (exact) mass is 348 g/mol. The normalized spacial score (nSPS) is 11.8. The third-order valence-electron chi connectivity index (χ3n) is 3.30. The van der Waals surface area contributed by atoms with Gasteiger partial charge in [0.1, 0.15) is 24.2 Å². The number of furan rings is 1. The van der Waals surface area contributed by atoms with Crippen LogP contribution in [0, 0.1) is 0 Å². The second-order valence-corrected chi connectivity index (χ2v) is 5.31. The van der Waals surface area contributed by atoms with Crippen molar-refractivity contribution in [1.29, 1.82) is 0 Å². The number of esters is 1. The quantitative estimate of drug-likeness (QED) is 0.528. The molecule has 0 aliphatic rings. The number of aldehydes is 1. The van der Waals surface area contributed by atoms with Gasteiger partial charge >= 0.3 is 5.97 Å². The number of carbonyl (C=O) groups excluding carboxylic acids is 2. The van der Waals surface area contributed by atoms with Crippen molar-refractivity contribution in [3.05, 3.63) is 41.7 Å². The fourth-order valence-corrected chi connectivity index (χ4v) is 2.06. The molecule has 1 aromatic carbocycles. The summed E-state index contributed by atoms with van der Waals surface area (Å²) in [7, 11) is 0. The van der Waals surface area contributed by atoms with E-state index in [1.807, 2.05) is 6.92 Å². The highest BCUT2D eigenvalue weighted by Crippen LogP contribution is 2.32. The van der Waals surface area contributed by atoms with Crippen LogP contribution in [0.3, 0.4) is 0 Å². The first-order valence-electron chi connectivity index (χ1n) is 7.87. The van der Waals surface area contributed by atoms with Gasteiger partial charge in [0.15, 0.2) is 12.0 Å². The van der Waals surface area contributed by atoms with Crippen molar-refractivity contribution in [2.45, 2.75) is 19.4 Å². The largest absolute Gasteiger partial charge is 0.493 e. The van der Waals surface area contributed by atoms with Crippen molar-refractivity contribution >= 4 is 12.3 Å². The number of aliphatic hydroxyl groups is 2. The first-order valence-corrected chi connectivity index (χ1v) is 7.87. The van der Waals surface area contributed by atoms with Gasteiger partial charge in [-0.2, -0.15) is 0 Å². The van der Waals surface area contributed by atoms with E-state index >= 15 is 0 Å². The van der Waals surface area contributed by atoms with Gasteiger partial charge in [-0.15, -0.1) is 0 Å². The average molecular weight is 348 g/mol. The minimum absolute atomic E-state index is 0.162. The Morgan fingerprint density at radius 1 is 1.32 bits per heavy atom. The highest BCUT2D eigenvalue weighted by atomic mass is 16.5. The molecule has 2 N–H and O–H groups in total. The zero-order chi connectivity index (χ0) is 18.2. The molecule has 0 bridgehead atoms. The van der Waals surface area contributed by atoms with Crippen LogP contribution < -0.4 is 4.74 Å². The van der Waals surface area contributed by atoms with Crippen LogP contribution >= 0.6 is 0 Å². The molecule has 134 valence electrons. The Hall–Kier alpha value is -2.64. The van der Waals surface area contributed by atoms with Gasteiger partial charge in [0.25, 0.3) is 0 Å². The van der Waals surface area contributed by atoms with Crippen molar-refractivity contribution < 1.29 is 33.7 Å². The lowest BCUT2D eigenvalue weighted by Gasteiger charge is -2.12. The second kappa shape index (κ2) is 9.00. The first kappa shape index (κ1) is 18.7. The Labute approximate surface area is 144 Å². The van der Waals surface area contributed by atoms with Crippen LogP contribution in [0.5, 0.6) is 5.75 Å². The molecule has 0 radical (unpaired) electrons. The Morgan fingerprint density at radius 2 is 2.12 bits per heavy atom. The first-order chi connectivity index (χ1) is 12.1. The molecule has 0 spiro atoms. The van der Waals surface area contributed by atoms with Crippen molar-refractivity contribution in [3.8, 4) is 17.1 Å². The summed E-state index contributed by atoms with van der Waals surface area (Å²) in [5, 5.41) is 18.0. The van der Waals surface area contributed by atoms with Crippen LogP contribution in [-0.2, 0) is 4.74 Å². The number of carbonyl (C=O) groups is 2. The van der Waals surface area contributed by atoms with E-state index < -0.39 is 18.7 Å². The third kappa shape index (κ3) is 4.91. The molecule has 0 aliphatic heterocycles. The number of hydrogen-bond acceptors (Lipinski definition) is 7. The molecule has 0 saturated carbocycles. The zero-order valence-corrected chi connectivity index (χ0v) is 13.8. The van der Waals surface area contributed by atoms with E-state index in [1.54, 1.807) is 12.1 Å². The van der Waals surface area contributed by atoms with Crippen LogP contribution in [0.1, 0.15) is 34.3 Å². The van der Waals surface area contributed by atoms with Gasteiger partial charge in [0, 0.05) is 0 Å². The lowest BCUT2D eigenvalue weighted by Crippen LogP contribution is -2.22. The average Bonchev–Trinajstić information content (AvgIpc) is 3.13. The predicted octanol–water partition coefficient (Wildman–Crippen LogP) is 2.06. The van der Waals surface area contributed by atoms with Gasteiger partial charge in [-0.1, -0.05) is 6.92 Å². The Kier molecular flexibility index (Phi) is 6.73. The minimum Gasteiger partial charge on any atom is -0.493 e. The third-order valence-corrected chi connectivity index (χ3v) is 3.30. The van der Waals surface area contributed by atoms with E-state index in [4.69, 9.17) is 19.0 Å². The number of hydrogen-bond donors (Lipinski definition) is 2. The Bertz CT molecular complexity index is 720. The van der Waals surface area contributed by atoms with Crippen molar-refractivity contribution in [1.82, 2.24) is 0 Å². The lowest BCUT2D eigenvalue weighted by atomic mass is 10.1.